The Morgan fingerprint density at radius 2 is 1.39 bits per heavy atom. The van der Waals surface area contributed by atoms with Crippen LogP contribution in [-0.4, -0.2) is 29.9 Å². The zero-order valence-electron chi connectivity index (χ0n) is 17.0. The van der Waals surface area contributed by atoms with E-state index in [-0.39, 0.29) is 6.42 Å². The van der Waals surface area contributed by atoms with Gasteiger partial charge in [-0.3, -0.25) is 19.8 Å². The van der Waals surface area contributed by atoms with Crippen molar-refractivity contribution in [3.05, 3.63) is 102 Å². The fraction of sp³-hybridized carbons (Fsp3) is 0.160. The Hall–Kier alpha value is -3.93. The normalized spacial score (nSPS) is 16.4. The van der Waals surface area contributed by atoms with Crippen molar-refractivity contribution in [1.82, 2.24) is 10.2 Å². The second kappa shape index (κ2) is 8.83. The number of hydrogen-bond acceptors (Lipinski definition) is 4. The molecule has 6 nitrogen and oxygen atoms in total. The first-order valence-corrected chi connectivity index (χ1v) is 9.99. The van der Waals surface area contributed by atoms with Crippen LogP contribution in [0, 0.1) is 5.92 Å². The molecule has 0 saturated carbocycles. The Balaban J connectivity index is 1.70. The molecule has 1 heterocycles. The third-order valence-electron chi connectivity index (χ3n) is 5.39. The van der Waals surface area contributed by atoms with Crippen LogP contribution in [0.5, 0.6) is 5.75 Å². The predicted molar refractivity (Wildman–Crippen MR) is 115 cm³/mol. The van der Waals surface area contributed by atoms with Crippen LogP contribution in [0.2, 0.25) is 0 Å². The topological polar surface area (TPSA) is 75.7 Å². The molecule has 4 amide bonds. The molecule has 6 heteroatoms. The molecular formula is C25H22N2O4. The molecule has 0 spiro atoms. The Morgan fingerprint density at radius 3 is 1.90 bits per heavy atom. The minimum absolute atomic E-state index is 0.189. The maximum atomic E-state index is 13.5. The minimum atomic E-state index is -0.999. The van der Waals surface area contributed by atoms with Crippen molar-refractivity contribution >= 4 is 17.8 Å². The first-order chi connectivity index (χ1) is 15.1. The van der Waals surface area contributed by atoms with Crippen molar-refractivity contribution in [2.75, 3.05) is 7.11 Å². The summed E-state index contributed by atoms with van der Waals surface area (Å²) >= 11 is 0. The number of benzene rings is 3. The van der Waals surface area contributed by atoms with E-state index < -0.39 is 29.8 Å². The quantitative estimate of drug-likeness (QED) is 0.624. The molecule has 31 heavy (non-hydrogen) atoms. The molecule has 3 aromatic rings. The number of hydrogen-bond donors (Lipinski definition) is 1. The number of nitrogens with zero attached hydrogens (tertiary/aromatic N) is 1. The van der Waals surface area contributed by atoms with Gasteiger partial charge in [0.25, 0.3) is 0 Å². The largest absolute Gasteiger partial charge is 0.497 e. The number of methoxy groups -OCH3 is 1. The predicted octanol–water partition coefficient (Wildman–Crippen LogP) is 3.72. The molecule has 0 aliphatic carbocycles. The lowest BCUT2D eigenvalue weighted by Gasteiger charge is -2.36. The van der Waals surface area contributed by atoms with Crippen molar-refractivity contribution < 1.29 is 19.1 Å². The monoisotopic (exact) mass is 414 g/mol. The van der Waals surface area contributed by atoms with Crippen LogP contribution >= 0.6 is 0 Å². The van der Waals surface area contributed by atoms with Crippen LogP contribution in [0.3, 0.4) is 0 Å². The summed E-state index contributed by atoms with van der Waals surface area (Å²) in [6, 6.07) is 24.5. The number of amides is 4. The summed E-state index contributed by atoms with van der Waals surface area (Å²) in [6.45, 7) is 0. The van der Waals surface area contributed by atoms with Crippen molar-refractivity contribution in [1.29, 1.82) is 0 Å². The van der Waals surface area contributed by atoms with E-state index in [0.717, 1.165) is 16.7 Å². The molecule has 1 atom stereocenters. The summed E-state index contributed by atoms with van der Waals surface area (Å²) in [5.41, 5.74) is 2.38. The van der Waals surface area contributed by atoms with Crippen molar-refractivity contribution in [3.63, 3.8) is 0 Å². The molecule has 0 aromatic heterocycles. The first kappa shape index (κ1) is 20.3. The van der Waals surface area contributed by atoms with Gasteiger partial charge >= 0.3 is 6.03 Å². The summed E-state index contributed by atoms with van der Waals surface area (Å²) in [5, 5.41) is 2.38. The average molecular weight is 414 g/mol. The molecule has 4 rings (SSSR count). The third-order valence-corrected chi connectivity index (χ3v) is 5.39. The van der Waals surface area contributed by atoms with E-state index >= 15 is 0 Å². The molecule has 1 fully saturated rings. The zero-order valence-corrected chi connectivity index (χ0v) is 17.0. The fourth-order valence-electron chi connectivity index (χ4n) is 3.82. The molecule has 1 aliphatic rings. The minimum Gasteiger partial charge on any atom is -0.497 e. The molecular weight excluding hydrogens is 392 g/mol. The van der Waals surface area contributed by atoms with Gasteiger partial charge in [-0.2, -0.15) is 0 Å². The zero-order chi connectivity index (χ0) is 21.8. The number of barbiturate groups is 1. The van der Waals surface area contributed by atoms with Crippen LogP contribution < -0.4 is 10.1 Å². The maximum Gasteiger partial charge on any atom is 0.331 e. The lowest BCUT2D eigenvalue weighted by molar-refractivity contribution is -0.143. The van der Waals surface area contributed by atoms with Gasteiger partial charge in [-0.1, -0.05) is 72.8 Å². The first-order valence-electron chi connectivity index (χ1n) is 9.99. The van der Waals surface area contributed by atoms with E-state index in [9.17, 15) is 14.4 Å². The van der Waals surface area contributed by atoms with Crippen LogP contribution in [0.1, 0.15) is 22.7 Å². The van der Waals surface area contributed by atoms with E-state index in [2.05, 4.69) is 5.32 Å². The number of carbonyl (C=O) groups excluding carboxylic acids is 3. The number of rotatable bonds is 6. The SMILES string of the molecule is COc1ccc(CC2C(=O)NC(=O)N(C(c3ccccc3)c3ccccc3)C2=O)cc1. The van der Waals surface area contributed by atoms with E-state index in [1.807, 2.05) is 72.8 Å². The Bertz CT molecular complexity index is 1040. The molecule has 1 N–H and O–H groups in total. The lowest BCUT2D eigenvalue weighted by atomic mass is 9.91. The number of nitrogens with one attached hydrogen (secondary N) is 1. The van der Waals surface area contributed by atoms with Crippen molar-refractivity contribution in [2.45, 2.75) is 12.5 Å². The van der Waals surface area contributed by atoms with E-state index in [1.54, 1.807) is 19.2 Å². The van der Waals surface area contributed by atoms with E-state index in [1.165, 1.54) is 4.90 Å². The highest BCUT2D eigenvalue weighted by Gasteiger charge is 2.44. The smallest absolute Gasteiger partial charge is 0.331 e. The molecule has 156 valence electrons. The van der Waals surface area contributed by atoms with Gasteiger partial charge in [0.15, 0.2) is 0 Å². The average Bonchev–Trinajstić information content (AvgIpc) is 2.81. The van der Waals surface area contributed by atoms with Gasteiger partial charge in [-0.25, -0.2) is 4.79 Å². The van der Waals surface area contributed by atoms with Gasteiger partial charge in [0.1, 0.15) is 11.7 Å². The van der Waals surface area contributed by atoms with Gasteiger partial charge < -0.3 is 4.74 Å². The number of ether oxygens (including phenoxy) is 1. The molecule has 0 bridgehead atoms. The highest BCUT2D eigenvalue weighted by molar-refractivity contribution is 6.16. The van der Waals surface area contributed by atoms with Crippen LogP contribution in [0.15, 0.2) is 84.9 Å². The highest BCUT2D eigenvalue weighted by atomic mass is 16.5. The molecule has 3 aromatic carbocycles. The summed E-state index contributed by atoms with van der Waals surface area (Å²) in [6.07, 6.45) is 0.189. The summed E-state index contributed by atoms with van der Waals surface area (Å²) < 4.78 is 5.16. The van der Waals surface area contributed by atoms with Gasteiger partial charge in [0, 0.05) is 0 Å². The van der Waals surface area contributed by atoms with Gasteiger partial charge in [0.2, 0.25) is 11.8 Å². The summed E-state index contributed by atoms with van der Waals surface area (Å²) in [5.74, 6) is -1.40. The third kappa shape index (κ3) is 4.19. The van der Waals surface area contributed by atoms with Crippen molar-refractivity contribution in [2.24, 2.45) is 5.92 Å². The number of urea groups is 1. The lowest BCUT2D eigenvalue weighted by Crippen LogP contribution is -2.59. The summed E-state index contributed by atoms with van der Waals surface area (Å²) in [7, 11) is 1.57. The van der Waals surface area contributed by atoms with Gasteiger partial charge in [0.05, 0.1) is 13.2 Å². The molecule has 1 unspecified atom stereocenters. The second-order valence-electron chi connectivity index (χ2n) is 7.33. The standard InChI is InChI=1S/C25H22N2O4/c1-31-20-14-12-17(13-15-20)16-21-23(28)26-25(30)27(24(21)29)22(18-8-4-2-5-9-18)19-10-6-3-7-11-19/h2-15,21-22H,16H2,1H3,(H,26,28,30). The molecule has 1 saturated heterocycles. The van der Waals surface area contributed by atoms with Gasteiger partial charge in [-0.15, -0.1) is 0 Å². The molecule has 0 radical (unpaired) electrons. The number of imide groups is 2. The van der Waals surface area contributed by atoms with Crippen LogP contribution in [0.4, 0.5) is 4.79 Å². The van der Waals surface area contributed by atoms with E-state index in [4.69, 9.17) is 4.74 Å². The van der Waals surface area contributed by atoms with Crippen LogP contribution in [0.25, 0.3) is 0 Å². The fourth-order valence-corrected chi connectivity index (χ4v) is 3.82. The number of carbonyl (C=O) groups is 3. The second-order valence-corrected chi connectivity index (χ2v) is 7.33. The summed E-state index contributed by atoms with van der Waals surface area (Å²) in [4.78, 5) is 40.1. The van der Waals surface area contributed by atoms with Crippen LogP contribution in [-0.2, 0) is 16.0 Å². The van der Waals surface area contributed by atoms with E-state index in [0.29, 0.717) is 5.75 Å². The Labute approximate surface area is 180 Å². The molecule has 1 aliphatic heterocycles. The van der Waals surface area contributed by atoms with Gasteiger partial charge in [-0.05, 0) is 35.2 Å². The Morgan fingerprint density at radius 1 is 0.839 bits per heavy atom. The van der Waals surface area contributed by atoms with Crippen molar-refractivity contribution in [3.8, 4) is 5.75 Å². The maximum absolute atomic E-state index is 13.5. The highest BCUT2D eigenvalue weighted by Crippen LogP contribution is 2.32. The Kier molecular flexibility index (Phi) is 5.80.